The molecule has 2 aromatic rings. The van der Waals surface area contributed by atoms with Crippen LogP contribution in [0.15, 0.2) is 42.5 Å². The first-order chi connectivity index (χ1) is 9.66. The molecule has 0 spiro atoms. The number of hydrogen-bond acceptors (Lipinski definition) is 1. The van der Waals surface area contributed by atoms with Crippen LogP contribution in [0.1, 0.15) is 33.9 Å². The van der Waals surface area contributed by atoms with Gasteiger partial charge in [0.15, 0.2) is 11.6 Å². The molecule has 1 aliphatic rings. The van der Waals surface area contributed by atoms with E-state index < -0.39 is 17.5 Å². The van der Waals surface area contributed by atoms with Gasteiger partial charge in [0, 0.05) is 0 Å². The fraction of sp³-hybridized carbons (Fsp3) is 0.188. The Morgan fingerprint density at radius 2 is 1.90 bits per heavy atom. The highest BCUT2D eigenvalue weighted by atomic mass is 19.2. The maximum atomic E-state index is 13.6. The summed E-state index contributed by atoms with van der Waals surface area (Å²) < 4.78 is 26.7. The molecular weight excluding hydrogens is 260 g/mol. The molecule has 0 radical (unpaired) electrons. The Morgan fingerprint density at radius 3 is 2.75 bits per heavy atom. The van der Waals surface area contributed by atoms with Crippen LogP contribution >= 0.6 is 0 Å². The van der Waals surface area contributed by atoms with E-state index in [1.807, 2.05) is 24.3 Å². The Balaban J connectivity index is 1.83. The van der Waals surface area contributed by atoms with Gasteiger partial charge < -0.3 is 5.32 Å². The molecular formula is C16H13F2NO. The second-order valence-corrected chi connectivity index (χ2v) is 4.86. The van der Waals surface area contributed by atoms with Gasteiger partial charge in [-0.3, -0.25) is 4.79 Å². The largest absolute Gasteiger partial charge is 0.345 e. The second-order valence-electron chi connectivity index (χ2n) is 4.86. The SMILES string of the molecule is O=C(NC1CCc2ccccc21)c1cccc(F)c1F. The lowest BCUT2D eigenvalue weighted by Crippen LogP contribution is -2.28. The highest BCUT2D eigenvalue weighted by Crippen LogP contribution is 2.31. The number of hydrogen-bond donors (Lipinski definition) is 1. The van der Waals surface area contributed by atoms with Gasteiger partial charge in [0.05, 0.1) is 11.6 Å². The third-order valence-electron chi connectivity index (χ3n) is 3.63. The van der Waals surface area contributed by atoms with E-state index in [-0.39, 0.29) is 11.6 Å². The number of carbonyl (C=O) groups excluding carboxylic acids is 1. The van der Waals surface area contributed by atoms with E-state index in [0.717, 1.165) is 24.5 Å². The minimum absolute atomic E-state index is 0.138. The van der Waals surface area contributed by atoms with Crippen LogP contribution in [0.5, 0.6) is 0 Å². The molecule has 1 unspecified atom stereocenters. The van der Waals surface area contributed by atoms with Crippen molar-refractivity contribution in [2.45, 2.75) is 18.9 Å². The Bertz CT molecular complexity index is 669. The molecule has 4 heteroatoms. The van der Waals surface area contributed by atoms with Crippen molar-refractivity contribution in [3.63, 3.8) is 0 Å². The summed E-state index contributed by atoms with van der Waals surface area (Å²) >= 11 is 0. The fourth-order valence-electron chi connectivity index (χ4n) is 2.62. The molecule has 20 heavy (non-hydrogen) atoms. The lowest BCUT2D eigenvalue weighted by atomic mass is 10.1. The van der Waals surface area contributed by atoms with Gasteiger partial charge in [-0.05, 0) is 36.1 Å². The summed E-state index contributed by atoms with van der Waals surface area (Å²) in [4.78, 5) is 12.1. The zero-order valence-electron chi connectivity index (χ0n) is 10.7. The van der Waals surface area contributed by atoms with E-state index in [0.29, 0.717) is 0 Å². The molecule has 0 bridgehead atoms. The Kier molecular flexibility index (Phi) is 3.22. The summed E-state index contributed by atoms with van der Waals surface area (Å²) in [6.45, 7) is 0. The Labute approximate surface area is 115 Å². The van der Waals surface area contributed by atoms with Gasteiger partial charge in [0.25, 0.3) is 5.91 Å². The zero-order valence-corrected chi connectivity index (χ0v) is 10.7. The summed E-state index contributed by atoms with van der Waals surface area (Å²) in [6, 6.07) is 11.3. The van der Waals surface area contributed by atoms with Crippen molar-refractivity contribution in [3.05, 3.63) is 70.8 Å². The molecule has 102 valence electrons. The number of benzene rings is 2. The average Bonchev–Trinajstić information content (AvgIpc) is 2.85. The number of rotatable bonds is 2. The van der Waals surface area contributed by atoms with E-state index in [2.05, 4.69) is 5.32 Å². The van der Waals surface area contributed by atoms with Crippen molar-refractivity contribution in [2.24, 2.45) is 0 Å². The Morgan fingerprint density at radius 1 is 1.10 bits per heavy atom. The van der Waals surface area contributed by atoms with E-state index in [9.17, 15) is 13.6 Å². The van der Waals surface area contributed by atoms with Gasteiger partial charge in [-0.1, -0.05) is 30.3 Å². The first-order valence-electron chi connectivity index (χ1n) is 6.49. The van der Waals surface area contributed by atoms with Crippen molar-refractivity contribution in [1.29, 1.82) is 0 Å². The summed E-state index contributed by atoms with van der Waals surface area (Å²) in [5, 5.41) is 2.77. The maximum Gasteiger partial charge on any atom is 0.254 e. The van der Waals surface area contributed by atoms with Gasteiger partial charge in [-0.15, -0.1) is 0 Å². The summed E-state index contributed by atoms with van der Waals surface area (Å²) in [7, 11) is 0. The van der Waals surface area contributed by atoms with Crippen LogP contribution in [-0.4, -0.2) is 5.91 Å². The number of halogens is 2. The molecule has 1 atom stereocenters. The molecule has 3 rings (SSSR count). The molecule has 0 fully saturated rings. The molecule has 0 heterocycles. The summed E-state index contributed by atoms with van der Waals surface area (Å²) in [5.41, 5.74) is 1.99. The minimum Gasteiger partial charge on any atom is -0.345 e. The van der Waals surface area contributed by atoms with Crippen LogP contribution in [0, 0.1) is 11.6 Å². The van der Waals surface area contributed by atoms with Crippen molar-refractivity contribution < 1.29 is 13.6 Å². The van der Waals surface area contributed by atoms with Crippen molar-refractivity contribution in [2.75, 3.05) is 0 Å². The fourth-order valence-corrected chi connectivity index (χ4v) is 2.62. The molecule has 2 nitrogen and oxygen atoms in total. The molecule has 0 saturated carbocycles. The quantitative estimate of drug-likeness (QED) is 0.893. The molecule has 2 aromatic carbocycles. The predicted octanol–water partition coefficient (Wildman–Crippen LogP) is 3.38. The second kappa shape index (κ2) is 5.04. The van der Waals surface area contributed by atoms with Crippen LogP contribution < -0.4 is 5.32 Å². The molecule has 0 saturated heterocycles. The van der Waals surface area contributed by atoms with E-state index in [1.54, 1.807) is 0 Å². The summed E-state index contributed by atoms with van der Waals surface area (Å²) in [5.74, 6) is -2.69. The van der Waals surface area contributed by atoms with Crippen LogP contribution in [0.3, 0.4) is 0 Å². The lowest BCUT2D eigenvalue weighted by molar-refractivity contribution is 0.0931. The van der Waals surface area contributed by atoms with E-state index >= 15 is 0 Å². The first-order valence-corrected chi connectivity index (χ1v) is 6.49. The van der Waals surface area contributed by atoms with Crippen molar-refractivity contribution in [1.82, 2.24) is 5.32 Å². The third-order valence-corrected chi connectivity index (χ3v) is 3.63. The van der Waals surface area contributed by atoms with Gasteiger partial charge in [-0.25, -0.2) is 8.78 Å². The average molecular weight is 273 g/mol. The van der Waals surface area contributed by atoms with Gasteiger partial charge in [0.2, 0.25) is 0 Å². The topological polar surface area (TPSA) is 29.1 Å². The number of carbonyl (C=O) groups is 1. The van der Waals surface area contributed by atoms with Crippen molar-refractivity contribution in [3.8, 4) is 0 Å². The minimum atomic E-state index is -1.10. The van der Waals surface area contributed by atoms with Gasteiger partial charge in [0.1, 0.15) is 0 Å². The van der Waals surface area contributed by atoms with Crippen molar-refractivity contribution >= 4 is 5.91 Å². The normalized spacial score (nSPS) is 16.8. The number of amides is 1. The van der Waals surface area contributed by atoms with Gasteiger partial charge >= 0.3 is 0 Å². The van der Waals surface area contributed by atoms with Crippen LogP contribution in [-0.2, 0) is 6.42 Å². The summed E-state index contributed by atoms with van der Waals surface area (Å²) in [6.07, 6.45) is 1.66. The third kappa shape index (κ3) is 2.18. The zero-order chi connectivity index (χ0) is 14.1. The molecule has 0 aromatic heterocycles. The first kappa shape index (κ1) is 12.8. The Hall–Kier alpha value is -2.23. The molecule has 0 aliphatic heterocycles. The molecule has 1 amide bonds. The number of aryl methyl sites for hydroxylation is 1. The van der Waals surface area contributed by atoms with Crippen LogP contribution in [0.2, 0.25) is 0 Å². The lowest BCUT2D eigenvalue weighted by Gasteiger charge is -2.14. The molecule has 1 aliphatic carbocycles. The molecule has 1 N–H and O–H groups in total. The number of fused-ring (bicyclic) bond motifs is 1. The van der Waals surface area contributed by atoms with Crippen LogP contribution in [0.25, 0.3) is 0 Å². The van der Waals surface area contributed by atoms with E-state index in [4.69, 9.17) is 0 Å². The highest BCUT2D eigenvalue weighted by Gasteiger charge is 2.25. The smallest absolute Gasteiger partial charge is 0.254 e. The van der Waals surface area contributed by atoms with E-state index in [1.165, 1.54) is 17.7 Å². The maximum absolute atomic E-state index is 13.6. The van der Waals surface area contributed by atoms with Gasteiger partial charge in [-0.2, -0.15) is 0 Å². The highest BCUT2D eigenvalue weighted by molar-refractivity contribution is 5.94. The monoisotopic (exact) mass is 273 g/mol. The predicted molar refractivity (Wildman–Crippen MR) is 71.3 cm³/mol. The number of nitrogens with one attached hydrogen (secondary N) is 1. The standard InChI is InChI=1S/C16H13F2NO/c17-13-7-3-6-12(15(13)18)16(20)19-14-9-8-10-4-1-2-5-11(10)14/h1-7,14H,8-9H2,(H,19,20). The van der Waals surface area contributed by atoms with Crippen LogP contribution in [0.4, 0.5) is 8.78 Å².